The Hall–Kier alpha value is -2.02. The van der Waals surface area contributed by atoms with E-state index in [-0.39, 0.29) is 5.56 Å². The fraction of sp³-hybridized carbons (Fsp3) is 0.0714. The average Bonchev–Trinajstić information content (AvgIpc) is 2.47. The van der Waals surface area contributed by atoms with Crippen LogP contribution in [0.3, 0.4) is 0 Å². The lowest BCUT2D eigenvalue weighted by atomic mass is 10.2. The Kier molecular flexibility index (Phi) is 4.52. The second kappa shape index (κ2) is 6.17. The molecule has 0 atom stereocenters. The maximum Gasteiger partial charge on any atom is 0.255 e. The molecule has 0 aliphatic carbocycles. The number of methoxy groups -OCH3 is 1. The van der Waals surface area contributed by atoms with Crippen molar-refractivity contribution in [3.8, 4) is 5.75 Å². The van der Waals surface area contributed by atoms with E-state index in [2.05, 4.69) is 21.2 Å². The lowest BCUT2D eigenvalue weighted by Gasteiger charge is -2.09. The van der Waals surface area contributed by atoms with Gasteiger partial charge in [0.15, 0.2) is 17.5 Å². The molecule has 2 rings (SSSR count). The van der Waals surface area contributed by atoms with Crippen LogP contribution in [0.25, 0.3) is 0 Å². The summed E-state index contributed by atoms with van der Waals surface area (Å²) in [5, 5.41) is 2.18. The van der Waals surface area contributed by atoms with Crippen LogP contribution in [0.15, 0.2) is 34.8 Å². The van der Waals surface area contributed by atoms with Gasteiger partial charge < -0.3 is 10.1 Å². The first-order chi connectivity index (χ1) is 9.93. The molecule has 0 heterocycles. The molecule has 0 aromatic heterocycles. The molecular weight excluding hydrogens is 351 g/mol. The Morgan fingerprint density at radius 2 is 1.86 bits per heavy atom. The van der Waals surface area contributed by atoms with Gasteiger partial charge >= 0.3 is 0 Å². The molecular formula is C14H9BrF3NO2. The van der Waals surface area contributed by atoms with Crippen LogP contribution in [-0.4, -0.2) is 13.0 Å². The van der Waals surface area contributed by atoms with Gasteiger partial charge in [-0.3, -0.25) is 4.79 Å². The number of carbonyl (C=O) groups is 1. The molecule has 2 aromatic rings. The Labute approximate surface area is 126 Å². The molecule has 0 aliphatic heterocycles. The average molecular weight is 360 g/mol. The van der Waals surface area contributed by atoms with Crippen LogP contribution in [0.1, 0.15) is 10.4 Å². The van der Waals surface area contributed by atoms with Gasteiger partial charge in [0, 0.05) is 5.56 Å². The molecule has 0 fully saturated rings. The number of ether oxygens (including phenoxy) is 1. The number of halogens is 4. The maximum atomic E-state index is 13.5. The highest BCUT2D eigenvalue weighted by molar-refractivity contribution is 9.10. The number of hydrogen-bond acceptors (Lipinski definition) is 2. The normalized spacial score (nSPS) is 10.3. The van der Waals surface area contributed by atoms with Gasteiger partial charge in [-0.1, -0.05) is 0 Å². The van der Waals surface area contributed by atoms with E-state index in [9.17, 15) is 18.0 Å². The first-order valence-corrected chi connectivity index (χ1v) is 6.51. The van der Waals surface area contributed by atoms with E-state index < -0.39 is 29.0 Å². The smallest absolute Gasteiger partial charge is 0.255 e. The van der Waals surface area contributed by atoms with Gasteiger partial charge in [-0.2, -0.15) is 0 Å². The predicted octanol–water partition coefficient (Wildman–Crippen LogP) is 4.13. The van der Waals surface area contributed by atoms with Crippen molar-refractivity contribution in [3.63, 3.8) is 0 Å². The third-order valence-electron chi connectivity index (χ3n) is 2.70. The minimum absolute atomic E-state index is 0.201. The zero-order chi connectivity index (χ0) is 15.6. The summed E-state index contributed by atoms with van der Waals surface area (Å²) in [5.74, 6) is -4.55. The Bertz CT molecular complexity index is 707. The highest BCUT2D eigenvalue weighted by Gasteiger charge is 2.16. The van der Waals surface area contributed by atoms with Crippen molar-refractivity contribution in [2.24, 2.45) is 0 Å². The van der Waals surface area contributed by atoms with Crippen LogP contribution >= 0.6 is 15.9 Å². The van der Waals surface area contributed by atoms with Crippen molar-refractivity contribution in [2.75, 3.05) is 12.4 Å². The van der Waals surface area contributed by atoms with Crippen LogP contribution in [0, 0.1) is 17.5 Å². The fourth-order valence-corrected chi connectivity index (χ4v) is 2.17. The van der Waals surface area contributed by atoms with E-state index in [4.69, 9.17) is 4.74 Å². The number of rotatable bonds is 3. The van der Waals surface area contributed by atoms with Gasteiger partial charge in [-0.15, -0.1) is 0 Å². The number of amides is 1. The van der Waals surface area contributed by atoms with Crippen LogP contribution in [-0.2, 0) is 0 Å². The summed E-state index contributed by atoms with van der Waals surface area (Å²) in [5.41, 5.74) is -0.238. The number of benzene rings is 2. The van der Waals surface area contributed by atoms with Crippen molar-refractivity contribution in [3.05, 3.63) is 57.8 Å². The number of carbonyl (C=O) groups excluding carboxylic acids is 1. The second-order valence-electron chi connectivity index (χ2n) is 4.03. The predicted molar refractivity (Wildman–Crippen MR) is 75.0 cm³/mol. The summed E-state index contributed by atoms with van der Waals surface area (Å²) in [6.07, 6.45) is 0. The molecule has 2 aromatic carbocycles. The van der Waals surface area contributed by atoms with E-state index in [1.807, 2.05) is 0 Å². The quantitative estimate of drug-likeness (QED) is 0.836. The Morgan fingerprint density at radius 3 is 2.48 bits per heavy atom. The van der Waals surface area contributed by atoms with Gasteiger partial charge in [0.25, 0.3) is 5.91 Å². The molecule has 0 aliphatic rings. The molecule has 0 bridgehead atoms. The molecule has 0 saturated carbocycles. The highest BCUT2D eigenvalue weighted by atomic mass is 79.9. The largest absolute Gasteiger partial charge is 0.496 e. The minimum Gasteiger partial charge on any atom is -0.496 e. The van der Waals surface area contributed by atoms with Crippen molar-refractivity contribution < 1.29 is 22.7 Å². The standard InChI is InChI=1S/C14H9BrF3NO2/c1-21-11-5-2-7(6-8(11)15)14(20)19-10-4-3-9(16)12(17)13(10)18/h2-6H,1H3,(H,19,20). The van der Waals surface area contributed by atoms with Crippen molar-refractivity contribution in [1.29, 1.82) is 0 Å². The number of anilines is 1. The molecule has 1 N–H and O–H groups in total. The SMILES string of the molecule is COc1ccc(C(=O)Nc2ccc(F)c(F)c2F)cc1Br. The van der Waals surface area contributed by atoms with Crippen LogP contribution in [0.2, 0.25) is 0 Å². The summed E-state index contributed by atoms with van der Waals surface area (Å²) in [6, 6.07) is 6.14. The zero-order valence-corrected chi connectivity index (χ0v) is 12.3. The Balaban J connectivity index is 2.26. The van der Waals surface area contributed by atoms with Gasteiger partial charge in [-0.25, -0.2) is 13.2 Å². The van der Waals surface area contributed by atoms with E-state index in [0.717, 1.165) is 12.1 Å². The topological polar surface area (TPSA) is 38.3 Å². The summed E-state index contributed by atoms with van der Waals surface area (Å²) in [4.78, 5) is 12.0. The van der Waals surface area contributed by atoms with Crippen LogP contribution in [0.4, 0.5) is 18.9 Å². The van der Waals surface area contributed by atoms with E-state index in [1.165, 1.54) is 19.2 Å². The molecule has 7 heteroatoms. The minimum atomic E-state index is -1.64. The van der Waals surface area contributed by atoms with Crippen LogP contribution in [0.5, 0.6) is 5.75 Å². The molecule has 0 spiro atoms. The molecule has 0 saturated heterocycles. The monoisotopic (exact) mass is 359 g/mol. The maximum absolute atomic E-state index is 13.5. The third kappa shape index (κ3) is 3.18. The molecule has 0 unspecified atom stereocenters. The van der Waals surface area contributed by atoms with Gasteiger partial charge in [0.2, 0.25) is 0 Å². The van der Waals surface area contributed by atoms with Crippen LogP contribution < -0.4 is 10.1 Å². The lowest BCUT2D eigenvalue weighted by molar-refractivity contribution is 0.102. The van der Waals surface area contributed by atoms with Gasteiger partial charge in [0.1, 0.15) is 5.75 Å². The first-order valence-electron chi connectivity index (χ1n) is 5.72. The molecule has 0 radical (unpaired) electrons. The van der Waals surface area contributed by atoms with Gasteiger partial charge in [0.05, 0.1) is 17.3 Å². The lowest BCUT2D eigenvalue weighted by Crippen LogP contribution is -2.14. The summed E-state index contributed by atoms with van der Waals surface area (Å²) < 4.78 is 44.9. The van der Waals surface area contributed by atoms with Crippen molar-refractivity contribution in [2.45, 2.75) is 0 Å². The molecule has 110 valence electrons. The van der Waals surface area contributed by atoms with Crippen molar-refractivity contribution >= 4 is 27.5 Å². The second-order valence-corrected chi connectivity index (χ2v) is 4.88. The summed E-state index contributed by atoms with van der Waals surface area (Å²) >= 11 is 3.21. The third-order valence-corrected chi connectivity index (χ3v) is 3.32. The Morgan fingerprint density at radius 1 is 1.14 bits per heavy atom. The van der Waals surface area contributed by atoms with E-state index in [0.29, 0.717) is 10.2 Å². The van der Waals surface area contributed by atoms with E-state index >= 15 is 0 Å². The molecule has 3 nitrogen and oxygen atoms in total. The fourth-order valence-electron chi connectivity index (χ4n) is 1.62. The molecule has 21 heavy (non-hydrogen) atoms. The van der Waals surface area contributed by atoms with E-state index in [1.54, 1.807) is 6.07 Å². The van der Waals surface area contributed by atoms with Crippen molar-refractivity contribution in [1.82, 2.24) is 0 Å². The summed E-state index contributed by atoms with van der Waals surface area (Å²) in [7, 11) is 1.47. The number of nitrogens with one attached hydrogen (secondary N) is 1. The summed E-state index contributed by atoms with van der Waals surface area (Å²) in [6.45, 7) is 0. The zero-order valence-electron chi connectivity index (χ0n) is 10.7. The first kappa shape index (κ1) is 15.4. The van der Waals surface area contributed by atoms with Gasteiger partial charge in [-0.05, 0) is 46.3 Å². The highest BCUT2D eigenvalue weighted by Crippen LogP contribution is 2.26. The molecule has 1 amide bonds. The number of hydrogen-bond donors (Lipinski definition) is 1.